The first-order chi connectivity index (χ1) is 10.0. The summed E-state index contributed by atoms with van der Waals surface area (Å²) in [6.45, 7) is 2.12. The monoisotopic (exact) mass is 303 g/mol. The van der Waals surface area contributed by atoms with Crippen molar-refractivity contribution in [2.24, 2.45) is 0 Å². The van der Waals surface area contributed by atoms with Gasteiger partial charge in [0.15, 0.2) is 18.2 Å². The fourth-order valence-electron chi connectivity index (χ4n) is 1.85. The Morgan fingerprint density at radius 2 is 1.90 bits per heavy atom. The molecular formula is C16H16ClN2O2+. The molecule has 0 aliphatic rings. The van der Waals surface area contributed by atoms with Crippen LogP contribution in [-0.4, -0.2) is 11.7 Å². The highest BCUT2D eigenvalue weighted by Crippen LogP contribution is 2.08. The third kappa shape index (κ3) is 4.68. The van der Waals surface area contributed by atoms with E-state index < -0.39 is 0 Å². The molecule has 0 fully saturated rings. The molecule has 0 unspecified atom stereocenters. The molecule has 1 aromatic carbocycles. The maximum absolute atomic E-state index is 11.9. The third-order valence-corrected chi connectivity index (χ3v) is 3.25. The van der Waals surface area contributed by atoms with Gasteiger partial charge >= 0.3 is 0 Å². The number of halogens is 1. The molecule has 1 aromatic heterocycles. The van der Waals surface area contributed by atoms with Gasteiger partial charge in [0.25, 0.3) is 5.91 Å². The van der Waals surface area contributed by atoms with Crippen LogP contribution in [0.5, 0.6) is 0 Å². The van der Waals surface area contributed by atoms with E-state index in [1.807, 2.05) is 12.1 Å². The van der Waals surface area contributed by atoms with Gasteiger partial charge in [-0.15, -0.1) is 0 Å². The summed E-state index contributed by atoms with van der Waals surface area (Å²) in [6.07, 6.45) is 3.43. The molecule has 0 bridgehead atoms. The van der Waals surface area contributed by atoms with Crippen molar-refractivity contribution in [3.8, 4) is 0 Å². The van der Waals surface area contributed by atoms with Gasteiger partial charge in [-0.25, -0.2) is 0 Å². The number of Topliss-reactive ketones (excluding diaryl/α,β-unsaturated/α-hetero) is 1. The number of carbonyl (C=O) groups is 2. The summed E-state index contributed by atoms with van der Waals surface area (Å²) in [5.41, 5.74) is 1.57. The van der Waals surface area contributed by atoms with Gasteiger partial charge in [0.05, 0.1) is 5.56 Å². The van der Waals surface area contributed by atoms with E-state index in [1.165, 1.54) is 6.92 Å². The van der Waals surface area contributed by atoms with Crippen molar-refractivity contribution in [1.29, 1.82) is 0 Å². The van der Waals surface area contributed by atoms with E-state index in [2.05, 4.69) is 5.32 Å². The average Bonchev–Trinajstić information content (AvgIpc) is 2.47. The summed E-state index contributed by atoms with van der Waals surface area (Å²) in [4.78, 5) is 23.2. The quantitative estimate of drug-likeness (QED) is 0.679. The van der Waals surface area contributed by atoms with Crippen molar-refractivity contribution in [2.45, 2.75) is 20.0 Å². The molecule has 108 valence electrons. The SMILES string of the molecule is CC(=O)c1ccc[n+](CC(=O)NCc2ccc(Cl)cc2)c1. The van der Waals surface area contributed by atoms with Crippen LogP contribution in [0, 0.1) is 0 Å². The summed E-state index contributed by atoms with van der Waals surface area (Å²) >= 11 is 5.80. The first-order valence-corrected chi connectivity index (χ1v) is 6.93. The van der Waals surface area contributed by atoms with Gasteiger partial charge in [0, 0.05) is 17.6 Å². The van der Waals surface area contributed by atoms with Crippen LogP contribution in [0.4, 0.5) is 0 Å². The number of rotatable bonds is 5. The van der Waals surface area contributed by atoms with Crippen LogP contribution < -0.4 is 9.88 Å². The van der Waals surface area contributed by atoms with Crippen molar-refractivity contribution in [3.05, 3.63) is 64.9 Å². The first-order valence-electron chi connectivity index (χ1n) is 6.56. The van der Waals surface area contributed by atoms with E-state index in [4.69, 9.17) is 11.6 Å². The maximum atomic E-state index is 11.9. The number of aromatic nitrogens is 1. The van der Waals surface area contributed by atoms with Gasteiger partial charge in [0.2, 0.25) is 6.54 Å². The molecule has 0 aliphatic carbocycles. The Kier molecular flexibility index (Phi) is 5.06. The lowest BCUT2D eigenvalue weighted by molar-refractivity contribution is -0.684. The molecule has 0 saturated carbocycles. The van der Waals surface area contributed by atoms with E-state index in [-0.39, 0.29) is 18.2 Å². The zero-order valence-corrected chi connectivity index (χ0v) is 12.4. The first kappa shape index (κ1) is 15.2. The number of hydrogen-bond acceptors (Lipinski definition) is 2. The highest BCUT2D eigenvalue weighted by molar-refractivity contribution is 6.30. The van der Waals surface area contributed by atoms with Gasteiger partial charge in [0.1, 0.15) is 0 Å². The van der Waals surface area contributed by atoms with Gasteiger partial charge in [-0.1, -0.05) is 23.7 Å². The number of carbonyl (C=O) groups excluding carboxylic acids is 2. The highest BCUT2D eigenvalue weighted by Gasteiger charge is 2.11. The lowest BCUT2D eigenvalue weighted by Gasteiger charge is -2.04. The summed E-state index contributed by atoms with van der Waals surface area (Å²) < 4.78 is 1.69. The fourth-order valence-corrected chi connectivity index (χ4v) is 1.98. The topological polar surface area (TPSA) is 50.0 Å². The molecule has 0 radical (unpaired) electrons. The van der Waals surface area contributed by atoms with Crippen molar-refractivity contribution in [3.63, 3.8) is 0 Å². The number of nitrogens with zero attached hydrogens (tertiary/aromatic N) is 1. The van der Waals surface area contributed by atoms with E-state index in [1.54, 1.807) is 41.2 Å². The highest BCUT2D eigenvalue weighted by atomic mass is 35.5. The van der Waals surface area contributed by atoms with E-state index in [0.29, 0.717) is 17.1 Å². The predicted molar refractivity (Wildman–Crippen MR) is 79.9 cm³/mol. The fraction of sp³-hybridized carbons (Fsp3) is 0.188. The van der Waals surface area contributed by atoms with Crippen molar-refractivity contribution in [2.75, 3.05) is 0 Å². The second-order valence-electron chi connectivity index (χ2n) is 4.72. The molecule has 4 nitrogen and oxygen atoms in total. The number of hydrogen-bond donors (Lipinski definition) is 1. The maximum Gasteiger partial charge on any atom is 0.286 e. The van der Waals surface area contributed by atoms with Gasteiger partial charge < -0.3 is 5.32 Å². The predicted octanol–water partition coefficient (Wildman–Crippen LogP) is 2.15. The number of nitrogens with one attached hydrogen (secondary N) is 1. The molecule has 0 spiro atoms. The van der Waals surface area contributed by atoms with Crippen LogP contribution in [0.2, 0.25) is 5.02 Å². The summed E-state index contributed by atoms with van der Waals surface area (Å²) in [5, 5.41) is 3.50. The van der Waals surface area contributed by atoms with Crippen molar-refractivity contribution >= 4 is 23.3 Å². The molecule has 0 atom stereocenters. The van der Waals surface area contributed by atoms with Crippen LogP contribution in [0.1, 0.15) is 22.8 Å². The zero-order valence-electron chi connectivity index (χ0n) is 11.7. The molecule has 1 amide bonds. The summed E-state index contributed by atoms with van der Waals surface area (Å²) in [6, 6.07) is 10.8. The molecule has 5 heteroatoms. The van der Waals surface area contributed by atoms with Crippen LogP contribution in [0.3, 0.4) is 0 Å². The normalized spacial score (nSPS) is 10.2. The Morgan fingerprint density at radius 3 is 2.57 bits per heavy atom. The van der Waals surface area contributed by atoms with Crippen LogP contribution >= 0.6 is 11.6 Å². The number of ketones is 1. The second kappa shape index (κ2) is 6.99. The standard InChI is InChI=1S/C16H15ClN2O2/c1-12(20)14-3-2-8-19(10-14)11-16(21)18-9-13-4-6-15(17)7-5-13/h2-8,10H,9,11H2,1H3/p+1. The Hall–Kier alpha value is -2.20. The zero-order chi connectivity index (χ0) is 15.2. The molecule has 2 aromatic rings. The minimum absolute atomic E-state index is 0.0223. The Balaban J connectivity index is 1.91. The van der Waals surface area contributed by atoms with Crippen molar-refractivity contribution in [1.82, 2.24) is 5.32 Å². The van der Waals surface area contributed by atoms with E-state index in [0.717, 1.165) is 5.56 Å². The average molecular weight is 304 g/mol. The van der Waals surface area contributed by atoms with Gasteiger partial charge in [-0.2, -0.15) is 4.57 Å². The van der Waals surface area contributed by atoms with Gasteiger partial charge in [-0.05, 0) is 30.7 Å². The molecule has 1 heterocycles. The summed E-state index contributed by atoms with van der Waals surface area (Å²) in [7, 11) is 0. The van der Waals surface area contributed by atoms with Crippen molar-refractivity contribution < 1.29 is 14.2 Å². The number of benzene rings is 1. The molecular weight excluding hydrogens is 288 g/mol. The smallest absolute Gasteiger partial charge is 0.286 e. The third-order valence-electron chi connectivity index (χ3n) is 2.99. The molecule has 21 heavy (non-hydrogen) atoms. The Labute approximate surface area is 128 Å². The molecule has 2 rings (SSSR count). The van der Waals surface area contributed by atoms with E-state index in [9.17, 15) is 9.59 Å². The van der Waals surface area contributed by atoms with Gasteiger partial charge in [-0.3, -0.25) is 9.59 Å². The number of pyridine rings is 1. The number of amides is 1. The van der Waals surface area contributed by atoms with Crippen LogP contribution in [-0.2, 0) is 17.9 Å². The van der Waals surface area contributed by atoms with Crippen LogP contribution in [0.15, 0.2) is 48.8 Å². The largest absolute Gasteiger partial charge is 0.347 e. The lowest BCUT2D eigenvalue weighted by Crippen LogP contribution is -2.42. The molecule has 1 N–H and O–H groups in total. The van der Waals surface area contributed by atoms with E-state index >= 15 is 0 Å². The summed E-state index contributed by atoms with van der Waals surface area (Å²) in [5.74, 6) is -0.137. The minimum atomic E-state index is -0.115. The Morgan fingerprint density at radius 1 is 1.19 bits per heavy atom. The minimum Gasteiger partial charge on any atom is -0.347 e. The lowest BCUT2D eigenvalue weighted by atomic mass is 10.2. The molecule has 0 saturated heterocycles. The van der Waals surface area contributed by atoms with Crippen LogP contribution in [0.25, 0.3) is 0 Å². The molecule has 0 aliphatic heterocycles. The second-order valence-corrected chi connectivity index (χ2v) is 5.16. The Bertz CT molecular complexity index is 654.